The van der Waals surface area contributed by atoms with Crippen LogP contribution < -0.4 is 10.7 Å². The zero-order chi connectivity index (χ0) is 9.42. The summed E-state index contributed by atoms with van der Waals surface area (Å²) in [5.74, 6) is -2.02. The molecule has 0 unspecified atom stereocenters. The molecule has 0 bridgehead atoms. The van der Waals surface area contributed by atoms with E-state index in [1.165, 1.54) is 6.20 Å². The molecule has 0 radical (unpaired) electrons. The van der Waals surface area contributed by atoms with Crippen molar-refractivity contribution in [2.45, 2.75) is 0 Å². The fourth-order valence-corrected chi connectivity index (χ4v) is 1.14. The van der Waals surface area contributed by atoms with E-state index in [1.54, 1.807) is 12.1 Å². The number of rotatable bonds is 1. The van der Waals surface area contributed by atoms with Crippen molar-refractivity contribution in [3.05, 3.63) is 29.0 Å². The molecule has 1 aromatic rings. The third-order valence-corrected chi connectivity index (χ3v) is 1.67. The third-order valence-electron chi connectivity index (χ3n) is 1.67. The van der Waals surface area contributed by atoms with Crippen molar-refractivity contribution < 1.29 is 14.7 Å². The van der Waals surface area contributed by atoms with Gasteiger partial charge in [0.1, 0.15) is 5.35 Å². The average Bonchev–Trinajstić information content (AvgIpc) is 2.39. The Kier molecular flexibility index (Phi) is 1.45. The molecule has 2 heterocycles. The molecule has 1 aliphatic rings. The monoisotopic (exact) mass is 176 g/mol. The highest BCUT2D eigenvalue weighted by atomic mass is 16.4. The lowest BCUT2D eigenvalue weighted by molar-refractivity contribution is -0.131. The molecule has 5 nitrogen and oxygen atoms in total. The van der Waals surface area contributed by atoms with Crippen LogP contribution in [0.1, 0.15) is 0 Å². The summed E-state index contributed by atoms with van der Waals surface area (Å²) in [4.78, 5) is 29.0. The summed E-state index contributed by atoms with van der Waals surface area (Å²) in [5, 5.41) is 9.15. The highest BCUT2D eigenvalue weighted by molar-refractivity contribution is 6.38. The second-order valence-corrected chi connectivity index (χ2v) is 2.47. The number of carbonyl (C=O) groups excluding carboxylic acids is 1. The number of fused-ring (bicyclic) bond motifs is 1. The highest BCUT2D eigenvalue weighted by Gasteiger charge is 2.23. The van der Waals surface area contributed by atoms with Crippen LogP contribution in [0.2, 0.25) is 0 Å². The van der Waals surface area contributed by atoms with Gasteiger partial charge in [0, 0.05) is 6.20 Å². The molecule has 1 N–H and O–H groups in total. The Morgan fingerprint density at radius 2 is 2.23 bits per heavy atom. The Morgan fingerprint density at radius 3 is 2.92 bits per heavy atom. The number of carboxylic acids is 1. The maximum atomic E-state index is 11.0. The normalized spacial score (nSPS) is 13.8. The molecule has 0 fully saturated rings. The van der Waals surface area contributed by atoms with E-state index in [1.807, 2.05) is 0 Å². The quantitative estimate of drug-likeness (QED) is 0.563. The first-order chi connectivity index (χ1) is 6.20. The number of aromatic nitrogens is 1. The van der Waals surface area contributed by atoms with E-state index in [0.717, 1.165) is 0 Å². The standard InChI is InChI=1S/C8H4N2O3/c11-7-5(8(12)13)6-4(10-7)2-1-3-9-6/h1-3H,(H,12,13). The molecule has 0 aromatic carbocycles. The van der Waals surface area contributed by atoms with Crippen LogP contribution in [0.15, 0.2) is 23.3 Å². The highest BCUT2D eigenvalue weighted by Crippen LogP contribution is 1.98. The van der Waals surface area contributed by atoms with Crippen LogP contribution in [-0.4, -0.2) is 22.0 Å². The van der Waals surface area contributed by atoms with Crippen molar-refractivity contribution >= 4 is 17.4 Å². The van der Waals surface area contributed by atoms with Gasteiger partial charge in [-0.3, -0.25) is 9.78 Å². The maximum Gasteiger partial charge on any atom is 0.343 e. The molecular formula is C8H4N2O3. The van der Waals surface area contributed by atoms with Crippen LogP contribution in [0.5, 0.6) is 0 Å². The molecule has 0 aliphatic carbocycles. The van der Waals surface area contributed by atoms with E-state index in [9.17, 15) is 9.59 Å². The maximum absolute atomic E-state index is 11.0. The van der Waals surface area contributed by atoms with Crippen LogP contribution in [0.25, 0.3) is 5.57 Å². The minimum absolute atomic E-state index is 0.153. The molecule has 0 atom stereocenters. The predicted octanol–water partition coefficient (Wildman–Crippen LogP) is -1.52. The number of nitrogens with zero attached hydrogens (tertiary/aromatic N) is 2. The van der Waals surface area contributed by atoms with Gasteiger partial charge in [-0.25, -0.2) is 9.79 Å². The van der Waals surface area contributed by atoms with Crippen molar-refractivity contribution in [3.63, 3.8) is 0 Å². The molecule has 5 heteroatoms. The lowest BCUT2D eigenvalue weighted by Crippen LogP contribution is -2.28. The first kappa shape index (κ1) is 7.60. The van der Waals surface area contributed by atoms with E-state index in [2.05, 4.69) is 9.98 Å². The van der Waals surface area contributed by atoms with Crippen molar-refractivity contribution in [1.82, 2.24) is 4.98 Å². The second-order valence-electron chi connectivity index (χ2n) is 2.47. The summed E-state index contributed by atoms with van der Waals surface area (Å²) in [7, 11) is 0. The number of amides is 1. The van der Waals surface area contributed by atoms with Crippen LogP contribution in [0, 0.1) is 0 Å². The van der Waals surface area contributed by atoms with Gasteiger partial charge in [0.05, 0.1) is 5.36 Å². The van der Waals surface area contributed by atoms with Crippen LogP contribution in [0.3, 0.4) is 0 Å². The smallest absolute Gasteiger partial charge is 0.343 e. The van der Waals surface area contributed by atoms with Crippen LogP contribution in [-0.2, 0) is 9.59 Å². The first-order valence-electron chi connectivity index (χ1n) is 3.52. The van der Waals surface area contributed by atoms with E-state index < -0.39 is 11.9 Å². The molecule has 2 rings (SSSR count). The SMILES string of the molecule is O=C(O)C1=c2ncccc2=NC1=O. The number of aliphatic carboxylic acids is 1. The summed E-state index contributed by atoms with van der Waals surface area (Å²) in [5.41, 5.74) is -0.351. The van der Waals surface area contributed by atoms with Gasteiger partial charge in [-0.15, -0.1) is 0 Å². The molecule has 1 aliphatic heterocycles. The molecule has 0 saturated carbocycles. The molecular weight excluding hydrogens is 172 g/mol. The molecule has 13 heavy (non-hydrogen) atoms. The minimum atomic E-state index is -1.29. The average molecular weight is 176 g/mol. The molecule has 1 aromatic heterocycles. The Balaban J connectivity index is 2.92. The number of pyridine rings is 1. The van der Waals surface area contributed by atoms with Gasteiger partial charge >= 0.3 is 5.97 Å². The summed E-state index contributed by atoms with van der Waals surface area (Å²) in [6, 6.07) is 3.15. The van der Waals surface area contributed by atoms with Crippen molar-refractivity contribution in [3.8, 4) is 0 Å². The zero-order valence-electron chi connectivity index (χ0n) is 6.39. The van der Waals surface area contributed by atoms with E-state index >= 15 is 0 Å². The number of hydrogen-bond acceptors (Lipinski definition) is 3. The van der Waals surface area contributed by atoms with E-state index in [4.69, 9.17) is 5.11 Å². The lowest BCUT2D eigenvalue weighted by atomic mass is 10.2. The Labute approximate surface area is 72.1 Å². The molecule has 0 spiro atoms. The topological polar surface area (TPSA) is 79.6 Å². The van der Waals surface area contributed by atoms with Gasteiger partial charge in [0.15, 0.2) is 5.57 Å². The summed E-state index contributed by atoms with van der Waals surface area (Å²) in [6.07, 6.45) is 1.43. The second kappa shape index (κ2) is 2.48. The fourth-order valence-electron chi connectivity index (χ4n) is 1.14. The van der Waals surface area contributed by atoms with Gasteiger partial charge in [-0.2, -0.15) is 0 Å². The fraction of sp³-hybridized carbons (Fsp3) is 0. The van der Waals surface area contributed by atoms with E-state index in [0.29, 0.717) is 5.36 Å². The van der Waals surface area contributed by atoms with Gasteiger partial charge in [0.2, 0.25) is 0 Å². The first-order valence-corrected chi connectivity index (χ1v) is 3.52. The number of carbonyl (C=O) groups is 2. The van der Waals surface area contributed by atoms with E-state index in [-0.39, 0.29) is 10.9 Å². The minimum Gasteiger partial charge on any atom is -0.477 e. The zero-order valence-corrected chi connectivity index (χ0v) is 6.39. The number of hydrogen-bond donors (Lipinski definition) is 1. The van der Waals surface area contributed by atoms with Gasteiger partial charge < -0.3 is 5.11 Å². The predicted molar refractivity (Wildman–Crippen MR) is 41.1 cm³/mol. The van der Waals surface area contributed by atoms with Crippen LogP contribution >= 0.6 is 0 Å². The van der Waals surface area contributed by atoms with Crippen molar-refractivity contribution in [2.75, 3.05) is 0 Å². The summed E-state index contributed by atoms with van der Waals surface area (Å²) >= 11 is 0. The Bertz CT molecular complexity index is 518. The summed E-state index contributed by atoms with van der Waals surface area (Å²) < 4.78 is 0. The molecule has 64 valence electrons. The largest absolute Gasteiger partial charge is 0.477 e. The Hall–Kier alpha value is -2.04. The third kappa shape index (κ3) is 1.01. The Morgan fingerprint density at radius 1 is 1.46 bits per heavy atom. The lowest BCUT2D eigenvalue weighted by Gasteiger charge is -1.87. The van der Waals surface area contributed by atoms with Gasteiger partial charge in [0.25, 0.3) is 5.91 Å². The summed E-state index contributed by atoms with van der Waals surface area (Å²) in [6.45, 7) is 0. The van der Waals surface area contributed by atoms with Crippen LogP contribution in [0.4, 0.5) is 0 Å². The van der Waals surface area contributed by atoms with Crippen molar-refractivity contribution in [2.24, 2.45) is 4.99 Å². The van der Waals surface area contributed by atoms with Gasteiger partial charge in [-0.1, -0.05) is 0 Å². The number of carboxylic acid groups (broad SMARTS) is 1. The molecule has 0 saturated heterocycles. The van der Waals surface area contributed by atoms with Crippen molar-refractivity contribution in [1.29, 1.82) is 0 Å². The molecule has 1 amide bonds. The van der Waals surface area contributed by atoms with Gasteiger partial charge in [-0.05, 0) is 12.1 Å².